The Morgan fingerprint density at radius 1 is 1.10 bits per heavy atom. The summed E-state index contributed by atoms with van der Waals surface area (Å²) in [5.74, 6) is -2.38. The number of anilines is 2. The molecule has 30 heavy (non-hydrogen) atoms. The van der Waals surface area contributed by atoms with Crippen LogP contribution < -0.4 is 14.8 Å². The van der Waals surface area contributed by atoms with Crippen LogP contribution in [0, 0.1) is 11.8 Å². The van der Waals surface area contributed by atoms with E-state index in [2.05, 4.69) is 20.0 Å². The monoisotopic (exact) mass is 434 g/mol. The number of hydrogen-bond acceptors (Lipinski definition) is 7. The highest BCUT2D eigenvalue weighted by Gasteiger charge is 2.35. The average Bonchev–Trinajstić information content (AvgIpc) is 2.74. The number of aromatic nitrogens is 2. The highest BCUT2D eigenvalue weighted by atomic mass is 32.2. The van der Waals surface area contributed by atoms with Crippen LogP contribution >= 0.6 is 0 Å². The Morgan fingerprint density at radius 2 is 1.77 bits per heavy atom. The standard InChI is InChI=1S/C19H22N4O6S/c1-29-17-10-16(20-11-21-17)23-30(27,28)13-8-6-12(7-9-13)22-18(24)14-4-2-3-5-15(14)19(25)26/h6-11,14-15H,2-5H2,1H3,(H,22,24)(H,25,26)(H,20,21,23)/t14-,15-/m0/s1. The number of methoxy groups -OCH3 is 1. The summed E-state index contributed by atoms with van der Waals surface area (Å²) in [6, 6.07) is 6.92. The van der Waals surface area contributed by atoms with Crippen molar-refractivity contribution in [2.24, 2.45) is 11.8 Å². The molecule has 2 atom stereocenters. The minimum atomic E-state index is -3.91. The van der Waals surface area contributed by atoms with Gasteiger partial charge in [0, 0.05) is 11.8 Å². The van der Waals surface area contributed by atoms with Crippen LogP contribution in [0.5, 0.6) is 5.88 Å². The lowest BCUT2D eigenvalue weighted by Crippen LogP contribution is -2.36. The Labute approximate surface area is 173 Å². The van der Waals surface area contributed by atoms with Crippen LogP contribution in [0.2, 0.25) is 0 Å². The van der Waals surface area contributed by atoms with Gasteiger partial charge in [0.05, 0.1) is 23.8 Å². The summed E-state index contributed by atoms with van der Waals surface area (Å²) < 4.78 is 32.3. The number of ether oxygens (including phenoxy) is 1. The normalized spacial score (nSPS) is 19.0. The van der Waals surface area contributed by atoms with E-state index in [9.17, 15) is 23.1 Å². The molecule has 0 saturated heterocycles. The topological polar surface area (TPSA) is 148 Å². The fourth-order valence-electron chi connectivity index (χ4n) is 3.40. The molecule has 1 amide bonds. The molecule has 1 saturated carbocycles. The average molecular weight is 434 g/mol. The van der Waals surface area contributed by atoms with Gasteiger partial charge in [0.25, 0.3) is 10.0 Å². The highest BCUT2D eigenvalue weighted by Crippen LogP contribution is 2.31. The van der Waals surface area contributed by atoms with Crippen LogP contribution in [0.3, 0.4) is 0 Å². The van der Waals surface area contributed by atoms with Crippen molar-refractivity contribution in [1.29, 1.82) is 0 Å². The summed E-state index contributed by atoms with van der Waals surface area (Å²) in [7, 11) is -2.51. The molecule has 1 aromatic carbocycles. The van der Waals surface area contributed by atoms with E-state index < -0.39 is 27.8 Å². The van der Waals surface area contributed by atoms with Crippen molar-refractivity contribution >= 4 is 33.4 Å². The summed E-state index contributed by atoms with van der Waals surface area (Å²) in [5, 5.41) is 12.0. The smallest absolute Gasteiger partial charge is 0.307 e. The number of benzene rings is 1. The maximum absolute atomic E-state index is 12.5. The molecule has 2 aromatic rings. The van der Waals surface area contributed by atoms with Gasteiger partial charge in [-0.05, 0) is 37.1 Å². The Bertz CT molecular complexity index is 1030. The third-order valence-electron chi connectivity index (χ3n) is 4.94. The van der Waals surface area contributed by atoms with Crippen molar-refractivity contribution in [3.8, 4) is 5.88 Å². The SMILES string of the molecule is COc1cc(NS(=O)(=O)c2ccc(NC(=O)[C@H]3CCCC[C@@H]3C(=O)O)cc2)ncn1. The van der Waals surface area contributed by atoms with Crippen molar-refractivity contribution < 1.29 is 27.9 Å². The van der Waals surface area contributed by atoms with E-state index in [1.54, 1.807) is 0 Å². The van der Waals surface area contributed by atoms with Crippen molar-refractivity contribution in [2.75, 3.05) is 17.1 Å². The van der Waals surface area contributed by atoms with E-state index >= 15 is 0 Å². The van der Waals surface area contributed by atoms with Gasteiger partial charge in [-0.1, -0.05) is 12.8 Å². The molecule has 0 aliphatic heterocycles. The highest BCUT2D eigenvalue weighted by molar-refractivity contribution is 7.92. The molecule has 0 spiro atoms. The minimum absolute atomic E-state index is 0.0286. The first kappa shape index (κ1) is 21.5. The van der Waals surface area contributed by atoms with Gasteiger partial charge in [0.2, 0.25) is 11.8 Å². The van der Waals surface area contributed by atoms with Gasteiger partial charge >= 0.3 is 5.97 Å². The zero-order valence-corrected chi connectivity index (χ0v) is 17.1. The van der Waals surface area contributed by atoms with Gasteiger partial charge in [-0.25, -0.2) is 18.4 Å². The molecule has 11 heteroatoms. The molecule has 1 aliphatic rings. The molecular weight excluding hydrogens is 412 g/mol. The fraction of sp³-hybridized carbons (Fsp3) is 0.368. The summed E-state index contributed by atoms with van der Waals surface area (Å²) in [4.78, 5) is 31.6. The quantitative estimate of drug-likeness (QED) is 0.600. The van der Waals surface area contributed by atoms with Crippen LogP contribution in [-0.2, 0) is 19.6 Å². The van der Waals surface area contributed by atoms with Crippen molar-refractivity contribution in [3.05, 3.63) is 36.7 Å². The number of carbonyl (C=O) groups is 2. The molecular formula is C19H22N4O6S. The second kappa shape index (κ2) is 9.08. The Hall–Kier alpha value is -3.21. The molecule has 3 rings (SSSR count). The van der Waals surface area contributed by atoms with E-state index in [1.807, 2.05) is 0 Å². The van der Waals surface area contributed by atoms with E-state index in [4.69, 9.17) is 4.74 Å². The largest absolute Gasteiger partial charge is 0.481 e. The molecule has 1 heterocycles. The van der Waals surface area contributed by atoms with Crippen LogP contribution in [0.1, 0.15) is 25.7 Å². The summed E-state index contributed by atoms with van der Waals surface area (Å²) in [5.41, 5.74) is 0.386. The zero-order chi connectivity index (χ0) is 21.7. The van der Waals surface area contributed by atoms with Crippen LogP contribution in [-0.4, -0.2) is 42.5 Å². The molecule has 10 nitrogen and oxygen atoms in total. The summed E-state index contributed by atoms with van der Waals surface area (Å²) in [6.45, 7) is 0. The van der Waals surface area contributed by atoms with E-state index in [-0.39, 0.29) is 22.5 Å². The minimum Gasteiger partial charge on any atom is -0.481 e. The van der Waals surface area contributed by atoms with Gasteiger partial charge in [-0.2, -0.15) is 0 Å². The number of sulfonamides is 1. The van der Waals surface area contributed by atoms with E-state index in [1.165, 1.54) is 43.8 Å². The third kappa shape index (κ3) is 5.03. The number of carboxylic acid groups (broad SMARTS) is 1. The van der Waals surface area contributed by atoms with Crippen molar-refractivity contribution in [2.45, 2.75) is 30.6 Å². The fourth-order valence-corrected chi connectivity index (χ4v) is 4.40. The number of rotatable bonds is 7. The number of aliphatic carboxylic acids is 1. The molecule has 1 fully saturated rings. The first-order chi connectivity index (χ1) is 14.3. The van der Waals surface area contributed by atoms with Gasteiger partial charge in [-0.3, -0.25) is 14.3 Å². The van der Waals surface area contributed by atoms with Gasteiger partial charge in [0.15, 0.2) is 0 Å². The maximum atomic E-state index is 12.5. The van der Waals surface area contributed by atoms with Gasteiger partial charge < -0.3 is 15.2 Å². The maximum Gasteiger partial charge on any atom is 0.307 e. The molecule has 1 aromatic heterocycles. The molecule has 1 aliphatic carbocycles. The number of carboxylic acids is 1. The van der Waals surface area contributed by atoms with Crippen molar-refractivity contribution in [1.82, 2.24) is 9.97 Å². The Morgan fingerprint density at radius 3 is 2.40 bits per heavy atom. The van der Waals surface area contributed by atoms with Gasteiger partial charge in [-0.15, -0.1) is 0 Å². The van der Waals surface area contributed by atoms with E-state index in [0.29, 0.717) is 18.5 Å². The lowest BCUT2D eigenvalue weighted by molar-refractivity contribution is -0.147. The second-order valence-corrected chi connectivity index (χ2v) is 8.58. The van der Waals surface area contributed by atoms with Crippen LogP contribution in [0.25, 0.3) is 0 Å². The molecule has 3 N–H and O–H groups in total. The molecule has 0 radical (unpaired) electrons. The van der Waals surface area contributed by atoms with Crippen LogP contribution in [0.4, 0.5) is 11.5 Å². The number of amides is 1. The second-order valence-electron chi connectivity index (χ2n) is 6.90. The number of hydrogen-bond donors (Lipinski definition) is 3. The van der Waals surface area contributed by atoms with Gasteiger partial charge in [0.1, 0.15) is 12.1 Å². The molecule has 0 bridgehead atoms. The lowest BCUT2D eigenvalue weighted by Gasteiger charge is -2.27. The lowest BCUT2D eigenvalue weighted by atomic mass is 9.78. The predicted molar refractivity (Wildman–Crippen MR) is 108 cm³/mol. The zero-order valence-electron chi connectivity index (χ0n) is 16.2. The first-order valence-corrected chi connectivity index (χ1v) is 10.8. The summed E-state index contributed by atoms with van der Waals surface area (Å²) in [6.07, 6.45) is 3.76. The third-order valence-corrected chi connectivity index (χ3v) is 6.31. The van der Waals surface area contributed by atoms with Crippen LogP contribution in [0.15, 0.2) is 41.6 Å². The molecule has 0 unspecified atom stereocenters. The molecule has 160 valence electrons. The number of nitrogens with zero attached hydrogens (tertiary/aromatic N) is 2. The van der Waals surface area contributed by atoms with Crippen molar-refractivity contribution in [3.63, 3.8) is 0 Å². The van der Waals surface area contributed by atoms with E-state index in [0.717, 1.165) is 12.8 Å². The number of nitrogens with one attached hydrogen (secondary N) is 2. The number of carbonyl (C=O) groups excluding carboxylic acids is 1. The summed E-state index contributed by atoms with van der Waals surface area (Å²) >= 11 is 0. The predicted octanol–water partition coefficient (Wildman–Crippen LogP) is 2.12. The first-order valence-electron chi connectivity index (χ1n) is 9.33. The Balaban J connectivity index is 1.69. The Kier molecular flexibility index (Phi) is 6.50.